The highest BCUT2D eigenvalue weighted by molar-refractivity contribution is 5.99. The normalized spacial score (nSPS) is 14.7. The molecule has 17 heavy (non-hydrogen) atoms. The molecule has 1 aliphatic rings. The lowest BCUT2D eigenvalue weighted by atomic mass is 10.1. The van der Waals surface area contributed by atoms with Crippen LogP contribution in [0.2, 0.25) is 0 Å². The third-order valence-electron chi connectivity index (χ3n) is 3.07. The van der Waals surface area contributed by atoms with Crippen LogP contribution in [0.1, 0.15) is 29.6 Å². The largest absolute Gasteiger partial charge is 0.353 e. The molecule has 1 aliphatic carbocycles. The standard InChI is InChI=1S/C13H18N2O2/c1-14(2)12(16)6-8-15-7-5-11(9-15)13(17)10-3-4-10/h5,7,9-10H,3-4,6,8H2,1-2H3. The minimum atomic E-state index is 0.105. The fraction of sp³-hybridized carbons (Fsp3) is 0.538. The Morgan fingerprint density at radius 1 is 1.41 bits per heavy atom. The number of rotatable bonds is 5. The average molecular weight is 234 g/mol. The van der Waals surface area contributed by atoms with Crippen molar-refractivity contribution in [3.63, 3.8) is 0 Å². The summed E-state index contributed by atoms with van der Waals surface area (Å²) in [5.74, 6) is 0.616. The summed E-state index contributed by atoms with van der Waals surface area (Å²) < 4.78 is 1.91. The molecule has 0 radical (unpaired) electrons. The number of amides is 1. The van der Waals surface area contributed by atoms with Crippen molar-refractivity contribution in [2.45, 2.75) is 25.8 Å². The van der Waals surface area contributed by atoms with Crippen molar-refractivity contribution in [1.29, 1.82) is 0 Å². The maximum atomic E-state index is 11.8. The average Bonchev–Trinajstić information content (AvgIpc) is 3.04. The Morgan fingerprint density at radius 2 is 2.12 bits per heavy atom. The van der Waals surface area contributed by atoms with Gasteiger partial charge in [-0.2, -0.15) is 0 Å². The Balaban J connectivity index is 1.89. The van der Waals surface area contributed by atoms with E-state index in [1.807, 2.05) is 23.0 Å². The first-order valence-corrected chi connectivity index (χ1v) is 5.98. The summed E-state index contributed by atoms with van der Waals surface area (Å²) in [7, 11) is 3.50. The van der Waals surface area contributed by atoms with Crippen LogP contribution in [0, 0.1) is 5.92 Å². The van der Waals surface area contributed by atoms with Crippen molar-refractivity contribution >= 4 is 11.7 Å². The monoisotopic (exact) mass is 234 g/mol. The summed E-state index contributed by atoms with van der Waals surface area (Å²) in [5, 5.41) is 0. The van der Waals surface area contributed by atoms with Crippen molar-refractivity contribution in [2.75, 3.05) is 14.1 Å². The van der Waals surface area contributed by atoms with Crippen LogP contribution < -0.4 is 0 Å². The molecule has 1 aromatic heterocycles. The quantitative estimate of drug-likeness (QED) is 0.725. The highest BCUT2D eigenvalue weighted by atomic mass is 16.2. The van der Waals surface area contributed by atoms with Crippen LogP contribution >= 0.6 is 0 Å². The number of carbonyl (C=O) groups is 2. The maximum absolute atomic E-state index is 11.8. The van der Waals surface area contributed by atoms with Crippen LogP contribution in [0.15, 0.2) is 18.5 Å². The highest BCUT2D eigenvalue weighted by Gasteiger charge is 2.30. The van der Waals surface area contributed by atoms with Gasteiger partial charge in [-0.25, -0.2) is 0 Å². The van der Waals surface area contributed by atoms with Crippen molar-refractivity contribution in [3.05, 3.63) is 24.0 Å². The molecule has 0 saturated heterocycles. The van der Waals surface area contributed by atoms with Gasteiger partial charge in [-0.05, 0) is 18.9 Å². The van der Waals surface area contributed by atoms with Gasteiger partial charge in [-0.3, -0.25) is 9.59 Å². The van der Waals surface area contributed by atoms with E-state index in [-0.39, 0.29) is 17.6 Å². The van der Waals surface area contributed by atoms with Crippen LogP contribution in [0.5, 0.6) is 0 Å². The highest BCUT2D eigenvalue weighted by Crippen LogP contribution is 2.32. The van der Waals surface area contributed by atoms with Crippen molar-refractivity contribution in [2.24, 2.45) is 5.92 Å². The molecule has 0 unspecified atom stereocenters. The van der Waals surface area contributed by atoms with E-state index in [9.17, 15) is 9.59 Å². The summed E-state index contributed by atoms with van der Waals surface area (Å²) >= 11 is 0. The molecule has 1 saturated carbocycles. The van der Waals surface area contributed by atoms with Gasteiger partial charge >= 0.3 is 0 Å². The van der Waals surface area contributed by atoms with Crippen molar-refractivity contribution < 1.29 is 9.59 Å². The second-order valence-corrected chi connectivity index (χ2v) is 4.81. The van der Waals surface area contributed by atoms with Crippen LogP contribution in [0.4, 0.5) is 0 Å². The number of aryl methyl sites for hydroxylation is 1. The van der Waals surface area contributed by atoms with E-state index < -0.39 is 0 Å². The third-order valence-corrected chi connectivity index (χ3v) is 3.07. The van der Waals surface area contributed by atoms with Gasteiger partial charge in [0.1, 0.15) is 0 Å². The SMILES string of the molecule is CN(C)C(=O)CCn1ccc(C(=O)C2CC2)c1. The number of hydrogen-bond donors (Lipinski definition) is 0. The van der Waals surface area contributed by atoms with Gasteiger partial charge < -0.3 is 9.47 Å². The van der Waals surface area contributed by atoms with Crippen molar-refractivity contribution in [3.8, 4) is 0 Å². The van der Waals surface area contributed by atoms with Gasteiger partial charge in [-0.15, -0.1) is 0 Å². The summed E-state index contributed by atoms with van der Waals surface area (Å²) in [6, 6.07) is 1.85. The van der Waals surface area contributed by atoms with E-state index in [4.69, 9.17) is 0 Å². The van der Waals surface area contributed by atoms with Gasteiger partial charge in [0.25, 0.3) is 0 Å². The predicted octanol–water partition coefficient (Wildman–Crippen LogP) is 1.56. The Labute approximate surface area is 101 Å². The molecule has 0 bridgehead atoms. The lowest BCUT2D eigenvalue weighted by Crippen LogP contribution is -2.22. The molecule has 92 valence electrons. The summed E-state index contributed by atoms with van der Waals surface area (Å²) in [4.78, 5) is 24.8. The van der Waals surface area contributed by atoms with Gasteiger partial charge in [0.05, 0.1) is 0 Å². The number of nitrogens with zero attached hydrogens (tertiary/aromatic N) is 2. The van der Waals surface area contributed by atoms with E-state index >= 15 is 0 Å². The zero-order chi connectivity index (χ0) is 12.4. The van der Waals surface area contributed by atoms with E-state index in [0.717, 1.165) is 18.4 Å². The molecule has 1 fully saturated rings. The third kappa shape index (κ3) is 2.96. The van der Waals surface area contributed by atoms with E-state index in [0.29, 0.717) is 13.0 Å². The lowest BCUT2D eigenvalue weighted by molar-refractivity contribution is -0.128. The zero-order valence-corrected chi connectivity index (χ0v) is 10.3. The summed E-state index contributed by atoms with van der Waals surface area (Å²) in [6.07, 6.45) is 6.26. The Hall–Kier alpha value is -1.58. The number of hydrogen-bond acceptors (Lipinski definition) is 2. The topological polar surface area (TPSA) is 42.3 Å². The molecular weight excluding hydrogens is 216 g/mol. The smallest absolute Gasteiger partial charge is 0.223 e. The maximum Gasteiger partial charge on any atom is 0.223 e. The molecule has 0 N–H and O–H groups in total. The second-order valence-electron chi connectivity index (χ2n) is 4.81. The molecule has 1 heterocycles. The van der Waals surface area contributed by atoms with Crippen LogP contribution in [0.3, 0.4) is 0 Å². The zero-order valence-electron chi connectivity index (χ0n) is 10.3. The number of aromatic nitrogens is 1. The molecule has 4 nitrogen and oxygen atoms in total. The Kier molecular flexibility index (Phi) is 3.31. The molecule has 1 aromatic rings. The summed E-state index contributed by atoms with van der Waals surface area (Å²) in [6.45, 7) is 0.634. The van der Waals surface area contributed by atoms with Gasteiger partial charge in [-0.1, -0.05) is 0 Å². The molecule has 0 aromatic carbocycles. The molecule has 0 spiro atoms. The van der Waals surface area contributed by atoms with Crippen molar-refractivity contribution in [1.82, 2.24) is 9.47 Å². The fourth-order valence-corrected chi connectivity index (χ4v) is 1.76. The Bertz CT molecular complexity index is 430. The van der Waals surface area contributed by atoms with Gasteiger partial charge in [0, 0.05) is 50.9 Å². The van der Waals surface area contributed by atoms with Gasteiger partial charge in [0.2, 0.25) is 5.91 Å². The Morgan fingerprint density at radius 3 is 2.71 bits per heavy atom. The number of ketones is 1. The number of carbonyl (C=O) groups excluding carboxylic acids is 2. The molecule has 2 rings (SSSR count). The van der Waals surface area contributed by atoms with Crippen LogP contribution in [-0.2, 0) is 11.3 Å². The minimum Gasteiger partial charge on any atom is -0.353 e. The van der Waals surface area contributed by atoms with Gasteiger partial charge in [0.15, 0.2) is 5.78 Å². The fourth-order valence-electron chi connectivity index (χ4n) is 1.76. The summed E-state index contributed by atoms with van der Waals surface area (Å²) in [5.41, 5.74) is 0.782. The van der Waals surface area contributed by atoms with E-state index in [1.54, 1.807) is 19.0 Å². The lowest BCUT2D eigenvalue weighted by Gasteiger charge is -2.10. The molecular formula is C13H18N2O2. The molecule has 4 heteroatoms. The first-order chi connectivity index (χ1) is 8.08. The first kappa shape index (κ1) is 11.9. The first-order valence-electron chi connectivity index (χ1n) is 5.98. The minimum absolute atomic E-state index is 0.105. The molecule has 0 atom stereocenters. The van der Waals surface area contributed by atoms with E-state index in [2.05, 4.69) is 0 Å². The van der Waals surface area contributed by atoms with Crippen LogP contribution in [0.25, 0.3) is 0 Å². The van der Waals surface area contributed by atoms with Crippen LogP contribution in [-0.4, -0.2) is 35.3 Å². The number of Topliss-reactive ketones (excluding diaryl/α,β-unsaturated/α-hetero) is 1. The molecule has 0 aliphatic heterocycles. The second kappa shape index (κ2) is 4.73. The predicted molar refractivity (Wildman–Crippen MR) is 64.8 cm³/mol. The molecule has 1 amide bonds. The van der Waals surface area contributed by atoms with E-state index in [1.165, 1.54) is 0 Å².